The van der Waals surface area contributed by atoms with Gasteiger partial charge in [-0.3, -0.25) is 4.98 Å². The Labute approximate surface area is 131 Å². The predicted octanol–water partition coefficient (Wildman–Crippen LogP) is 3.77. The van der Waals surface area contributed by atoms with Gasteiger partial charge in [0, 0.05) is 30.4 Å². The van der Waals surface area contributed by atoms with E-state index in [4.69, 9.17) is 11.6 Å². The lowest BCUT2D eigenvalue weighted by molar-refractivity contribution is 1.06. The molecule has 0 aliphatic carbocycles. The van der Waals surface area contributed by atoms with Crippen LogP contribution in [0.4, 0.5) is 0 Å². The lowest BCUT2D eigenvalue weighted by Crippen LogP contribution is -1.94. The second kappa shape index (κ2) is 4.96. The number of hydrogen-bond acceptors (Lipinski definition) is 3. The van der Waals surface area contributed by atoms with E-state index >= 15 is 0 Å². The Hall–Kier alpha value is -2.66. The third-order valence-corrected chi connectivity index (χ3v) is 4.14. The molecule has 0 bridgehead atoms. The van der Waals surface area contributed by atoms with Crippen LogP contribution in [0.15, 0.2) is 49.3 Å². The van der Waals surface area contributed by atoms with Gasteiger partial charge >= 0.3 is 0 Å². The third kappa shape index (κ3) is 1.98. The summed E-state index contributed by atoms with van der Waals surface area (Å²) in [6.45, 7) is 1.97. The molecular formula is C16H12ClN5. The van der Waals surface area contributed by atoms with Crippen molar-refractivity contribution in [3.05, 3.63) is 59.9 Å². The van der Waals surface area contributed by atoms with Crippen molar-refractivity contribution in [1.29, 1.82) is 0 Å². The number of hydrogen-bond donors (Lipinski definition) is 1. The molecule has 1 N–H and O–H groups in total. The summed E-state index contributed by atoms with van der Waals surface area (Å²) >= 11 is 6.51. The van der Waals surface area contributed by atoms with Crippen molar-refractivity contribution in [3.8, 4) is 17.1 Å². The van der Waals surface area contributed by atoms with Crippen molar-refractivity contribution < 1.29 is 0 Å². The highest BCUT2D eigenvalue weighted by Crippen LogP contribution is 2.32. The predicted molar refractivity (Wildman–Crippen MR) is 86.2 cm³/mol. The summed E-state index contributed by atoms with van der Waals surface area (Å²) in [5, 5.41) is 0.679. The van der Waals surface area contributed by atoms with Crippen LogP contribution in [-0.2, 0) is 0 Å². The van der Waals surface area contributed by atoms with Gasteiger partial charge in [0.05, 0.1) is 28.1 Å². The van der Waals surface area contributed by atoms with Crippen LogP contribution in [0.1, 0.15) is 5.56 Å². The van der Waals surface area contributed by atoms with E-state index < -0.39 is 0 Å². The molecule has 0 atom stereocenters. The number of halogens is 1. The maximum atomic E-state index is 6.51. The maximum Gasteiger partial charge on any atom is 0.138 e. The molecule has 4 aromatic rings. The minimum absolute atomic E-state index is 0.679. The number of pyridine rings is 1. The highest BCUT2D eigenvalue weighted by atomic mass is 35.5. The first-order chi connectivity index (χ1) is 10.7. The quantitative estimate of drug-likeness (QED) is 0.613. The van der Waals surface area contributed by atoms with Gasteiger partial charge in [0.15, 0.2) is 0 Å². The van der Waals surface area contributed by atoms with E-state index in [1.165, 1.54) is 0 Å². The van der Waals surface area contributed by atoms with Crippen molar-refractivity contribution in [3.63, 3.8) is 0 Å². The fraction of sp³-hybridized carbons (Fsp3) is 0.0625. The lowest BCUT2D eigenvalue weighted by Gasteiger charge is -2.08. The second-order valence-corrected chi connectivity index (χ2v) is 5.40. The fourth-order valence-electron chi connectivity index (χ4n) is 2.51. The molecule has 0 aliphatic rings. The smallest absolute Gasteiger partial charge is 0.138 e. The van der Waals surface area contributed by atoms with Gasteiger partial charge in [-0.15, -0.1) is 0 Å². The van der Waals surface area contributed by atoms with Crippen LogP contribution in [0.5, 0.6) is 0 Å². The summed E-state index contributed by atoms with van der Waals surface area (Å²) < 4.78 is 1.89. The standard InChI is InChI=1S/C16H12ClN5/c1-10-14(17)13(22-7-6-19-9-22)8-12-15(10)21-16(20-12)11-2-4-18-5-3-11/h2-9H,1H3,(H,20,21). The largest absolute Gasteiger partial charge is 0.338 e. The molecule has 0 amide bonds. The first-order valence-corrected chi connectivity index (χ1v) is 7.19. The van der Waals surface area contributed by atoms with E-state index in [1.54, 1.807) is 24.9 Å². The van der Waals surface area contributed by atoms with E-state index in [1.807, 2.05) is 35.9 Å². The first-order valence-electron chi connectivity index (χ1n) is 6.81. The van der Waals surface area contributed by atoms with E-state index in [-0.39, 0.29) is 0 Å². The van der Waals surface area contributed by atoms with E-state index in [0.717, 1.165) is 33.7 Å². The Bertz CT molecular complexity index is 942. The number of nitrogens with one attached hydrogen (secondary N) is 1. The molecule has 108 valence electrons. The summed E-state index contributed by atoms with van der Waals surface area (Å²) in [4.78, 5) is 16.1. The number of H-pyrrole nitrogens is 1. The van der Waals surface area contributed by atoms with Crippen molar-refractivity contribution >= 4 is 22.6 Å². The minimum atomic E-state index is 0.679. The van der Waals surface area contributed by atoms with Gasteiger partial charge in [-0.1, -0.05) is 11.6 Å². The SMILES string of the molecule is Cc1c(Cl)c(-n2ccnc2)cc2[nH]c(-c3ccncc3)nc12. The van der Waals surface area contributed by atoms with Gasteiger partial charge in [0.2, 0.25) is 0 Å². The molecule has 0 spiro atoms. The molecule has 0 fully saturated rings. The Morgan fingerprint density at radius 1 is 1.14 bits per heavy atom. The average molecular weight is 310 g/mol. The summed E-state index contributed by atoms with van der Waals surface area (Å²) in [5.41, 5.74) is 4.64. The molecule has 0 saturated carbocycles. The molecule has 4 rings (SSSR count). The molecular weight excluding hydrogens is 298 g/mol. The van der Waals surface area contributed by atoms with Crippen LogP contribution in [0.2, 0.25) is 5.02 Å². The molecule has 0 radical (unpaired) electrons. The Balaban J connectivity index is 1.95. The number of aryl methyl sites for hydroxylation is 1. The Morgan fingerprint density at radius 2 is 1.95 bits per heavy atom. The zero-order chi connectivity index (χ0) is 15.1. The molecule has 0 saturated heterocycles. The normalized spacial score (nSPS) is 11.2. The number of aromatic nitrogens is 5. The van der Waals surface area contributed by atoms with Crippen LogP contribution in [-0.4, -0.2) is 24.5 Å². The summed E-state index contributed by atoms with van der Waals surface area (Å²) in [6, 6.07) is 5.83. The molecule has 22 heavy (non-hydrogen) atoms. The van der Waals surface area contributed by atoms with Crippen molar-refractivity contribution in [1.82, 2.24) is 24.5 Å². The van der Waals surface area contributed by atoms with Crippen LogP contribution in [0.3, 0.4) is 0 Å². The van der Waals surface area contributed by atoms with E-state index in [0.29, 0.717) is 5.02 Å². The first kappa shape index (κ1) is 13.0. The van der Waals surface area contributed by atoms with Crippen LogP contribution in [0, 0.1) is 6.92 Å². The summed E-state index contributed by atoms with van der Waals surface area (Å²) in [5.74, 6) is 0.805. The third-order valence-electron chi connectivity index (χ3n) is 3.66. The Morgan fingerprint density at radius 3 is 2.68 bits per heavy atom. The highest BCUT2D eigenvalue weighted by Gasteiger charge is 2.14. The van der Waals surface area contributed by atoms with Gasteiger partial charge in [0.1, 0.15) is 5.82 Å². The van der Waals surface area contributed by atoms with Crippen LogP contribution >= 0.6 is 11.6 Å². The lowest BCUT2D eigenvalue weighted by atomic mass is 10.2. The topological polar surface area (TPSA) is 59.4 Å². The number of fused-ring (bicyclic) bond motifs is 1. The van der Waals surface area contributed by atoms with E-state index in [9.17, 15) is 0 Å². The second-order valence-electron chi connectivity index (χ2n) is 5.02. The number of nitrogens with zero attached hydrogens (tertiary/aromatic N) is 4. The molecule has 5 nitrogen and oxygen atoms in total. The molecule has 0 unspecified atom stereocenters. The van der Waals surface area contributed by atoms with Crippen LogP contribution < -0.4 is 0 Å². The van der Waals surface area contributed by atoms with Gasteiger partial charge < -0.3 is 9.55 Å². The van der Waals surface area contributed by atoms with Crippen molar-refractivity contribution in [2.75, 3.05) is 0 Å². The molecule has 6 heteroatoms. The number of aromatic amines is 1. The monoisotopic (exact) mass is 309 g/mol. The number of rotatable bonds is 2. The highest BCUT2D eigenvalue weighted by molar-refractivity contribution is 6.34. The summed E-state index contributed by atoms with van der Waals surface area (Å²) in [7, 11) is 0. The molecule has 3 aromatic heterocycles. The van der Waals surface area contributed by atoms with Crippen molar-refractivity contribution in [2.24, 2.45) is 0 Å². The zero-order valence-electron chi connectivity index (χ0n) is 11.8. The number of benzene rings is 1. The van der Waals surface area contributed by atoms with Gasteiger partial charge in [-0.2, -0.15) is 0 Å². The van der Waals surface area contributed by atoms with Gasteiger partial charge in [0.25, 0.3) is 0 Å². The molecule has 0 aliphatic heterocycles. The average Bonchev–Trinajstić information content (AvgIpc) is 3.21. The Kier molecular flexibility index (Phi) is 2.94. The molecule has 3 heterocycles. The minimum Gasteiger partial charge on any atom is -0.338 e. The number of imidazole rings is 2. The fourth-order valence-corrected chi connectivity index (χ4v) is 2.75. The van der Waals surface area contributed by atoms with Gasteiger partial charge in [-0.05, 0) is 30.7 Å². The van der Waals surface area contributed by atoms with Gasteiger partial charge in [-0.25, -0.2) is 9.97 Å². The molecule has 1 aromatic carbocycles. The maximum absolute atomic E-state index is 6.51. The van der Waals surface area contributed by atoms with E-state index in [2.05, 4.69) is 19.9 Å². The van der Waals surface area contributed by atoms with Crippen molar-refractivity contribution in [2.45, 2.75) is 6.92 Å². The van der Waals surface area contributed by atoms with Crippen LogP contribution in [0.25, 0.3) is 28.1 Å². The zero-order valence-corrected chi connectivity index (χ0v) is 12.5. The summed E-state index contributed by atoms with van der Waals surface area (Å²) in [6.07, 6.45) is 8.82.